The standard InChI is InChI=1S/C19H16O2Te/c1-2-9-16-18(22-15-12-7-4-8-13-15)17(21-19(16)20)14-10-5-3-6-11-14/h2-8,10-13,17H,1,9H2. The Hall–Kier alpha value is -1.82. The van der Waals surface area contributed by atoms with Crippen LogP contribution in [0.25, 0.3) is 0 Å². The summed E-state index contributed by atoms with van der Waals surface area (Å²) in [5, 5.41) is 0. The minimum atomic E-state index is -0.646. The molecule has 0 saturated carbocycles. The molecule has 1 aliphatic heterocycles. The Kier molecular flexibility index (Phi) is 4.77. The molecule has 0 N–H and O–H groups in total. The molecule has 1 aliphatic rings. The van der Waals surface area contributed by atoms with Crippen LogP contribution >= 0.6 is 0 Å². The van der Waals surface area contributed by atoms with Gasteiger partial charge in [-0.2, -0.15) is 0 Å². The SMILES string of the molecule is C=CCC1=C([Te]c2ccccc2)C(c2ccccc2)OC1=O. The number of esters is 1. The van der Waals surface area contributed by atoms with Crippen LogP contribution in [-0.4, -0.2) is 26.9 Å². The van der Waals surface area contributed by atoms with Gasteiger partial charge >= 0.3 is 141 Å². The first kappa shape index (κ1) is 15.1. The van der Waals surface area contributed by atoms with E-state index < -0.39 is 20.9 Å². The van der Waals surface area contributed by atoms with E-state index in [0.29, 0.717) is 6.42 Å². The molecular weight excluding hydrogens is 388 g/mol. The van der Waals surface area contributed by atoms with Crippen LogP contribution in [-0.2, 0) is 9.53 Å². The molecule has 0 saturated heterocycles. The van der Waals surface area contributed by atoms with E-state index in [4.69, 9.17) is 4.74 Å². The van der Waals surface area contributed by atoms with Gasteiger partial charge in [0.2, 0.25) is 0 Å². The Labute approximate surface area is 140 Å². The molecule has 0 aromatic heterocycles. The molecule has 22 heavy (non-hydrogen) atoms. The van der Waals surface area contributed by atoms with Crippen molar-refractivity contribution in [3.05, 3.63) is 88.1 Å². The van der Waals surface area contributed by atoms with Crippen molar-refractivity contribution in [3.63, 3.8) is 0 Å². The summed E-state index contributed by atoms with van der Waals surface area (Å²) in [6, 6.07) is 20.3. The van der Waals surface area contributed by atoms with Crippen LogP contribution in [0.3, 0.4) is 0 Å². The van der Waals surface area contributed by atoms with Crippen LogP contribution in [0.2, 0.25) is 0 Å². The summed E-state index contributed by atoms with van der Waals surface area (Å²) in [6.07, 6.45) is 2.13. The fourth-order valence-corrected chi connectivity index (χ4v) is 5.62. The van der Waals surface area contributed by atoms with E-state index in [0.717, 1.165) is 11.1 Å². The maximum atomic E-state index is 12.2. The van der Waals surface area contributed by atoms with Gasteiger partial charge in [0.25, 0.3) is 0 Å². The summed E-state index contributed by atoms with van der Waals surface area (Å²) >= 11 is -0.646. The molecule has 2 nitrogen and oxygen atoms in total. The van der Waals surface area contributed by atoms with E-state index in [9.17, 15) is 4.79 Å². The van der Waals surface area contributed by atoms with Gasteiger partial charge in [0, 0.05) is 0 Å². The molecule has 2 aromatic carbocycles. The zero-order valence-corrected chi connectivity index (χ0v) is 14.4. The third-order valence-electron chi connectivity index (χ3n) is 3.43. The average molecular weight is 404 g/mol. The van der Waals surface area contributed by atoms with Gasteiger partial charge < -0.3 is 0 Å². The Morgan fingerprint density at radius 3 is 2.32 bits per heavy atom. The summed E-state index contributed by atoms with van der Waals surface area (Å²) in [5.41, 5.74) is 1.85. The molecule has 110 valence electrons. The zero-order valence-electron chi connectivity index (χ0n) is 12.1. The number of ether oxygens (including phenoxy) is 1. The number of cyclic esters (lactones) is 1. The predicted molar refractivity (Wildman–Crippen MR) is 88.9 cm³/mol. The van der Waals surface area contributed by atoms with Crippen molar-refractivity contribution in [2.24, 2.45) is 0 Å². The van der Waals surface area contributed by atoms with Gasteiger partial charge in [-0.25, -0.2) is 0 Å². The third-order valence-corrected chi connectivity index (χ3v) is 6.82. The quantitative estimate of drug-likeness (QED) is 0.435. The number of allylic oxidation sites excluding steroid dienone is 1. The molecule has 0 amide bonds. The Bertz CT molecular complexity index is 705. The summed E-state index contributed by atoms with van der Waals surface area (Å²) in [5.74, 6) is -0.190. The number of rotatable bonds is 5. The van der Waals surface area contributed by atoms with E-state index in [1.54, 1.807) is 6.08 Å². The predicted octanol–water partition coefficient (Wildman–Crippen LogP) is 3.14. The van der Waals surface area contributed by atoms with Crippen molar-refractivity contribution in [1.82, 2.24) is 0 Å². The van der Waals surface area contributed by atoms with Gasteiger partial charge in [-0.05, 0) is 0 Å². The molecule has 0 spiro atoms. The van der Waals surface area contributed by atoms with E-state index in [1.165, 1.54) is 7.23 Å². The molecule has 0 fully saturated rings. The Morgan fingerprint density at radius 1 is 1.05 bits per heavy atom. The number of hydrogen-bond donors (Lipinski definition) is 0. The monoisotopic (exact) mass is 406 g/mol. The molecule has 0 bridgehead atoms. The van der Waals surface area contributed by atoms with Crippen molar-refractivity contribution in [2.45, 2.75) is 12.5 Å². The van der Waals surface area contributed by atoms with Crippen LogP contribution < -0.4 is 3.61 Å². The van der Waals surface area contributed by atoms with Gasteiger partial charge in [0.15, 0.2) is 0 Å². The van der Waals surface area contributed by atoms with E-state index in [2.05, 4.69) is 18.7 Å². The van der Waals surface area contributed by atoms with E-state index in [-0.39, 0.29) is 12.1 Å². The van der Waals surface area contributed by atoms with Gasteiger partial charge in [-0.1, -0.05) is 0 Å². The second-order valence-electron chi connectivity index (χ2n) is 4.95. The van der Waals surface area contributed by atoms with Gasteiger partial charge in [-0.3, -0.25) is 0 Å². The van der Waals surface area contributed by atoms with Crippen molar-refractivity contribution in [2.75, 3.05) is 0 Å². The normalized spacial score (nSPS) is 17.5. The Morgan fingerprint density at radius 2 is 1.68 bits per heavy atom. The first-order valence-corrected chi connectivity index (χ1v) is 9.45. The molecule has 3 heteroatoms. The van der Waals surface area contributed by atoms with Crippen LogP contribution in [0.5, 0.6) is 0 Å². The number of carbonyl (C=O) groups is 1. The number of benzene rings is 2. The van der Waals surface area contributed by atoms with Crippen molar-refractivity contribution < 1.29 is 9.53 Å². The number of carbonyl (C=O) groups excluding carboxylic acids is 1. The fraction of sp³-hybridized carbons (Fsp3) is 0.105. The summed E-state index contributed by atoms with van der Waals surface area (Å²) < 4.78 is 8.15. The topological polar surface area (TPSA) is 26.3 Å². The van der Waals surface area contributed by atoms with Gasteiger partial charge in [-0.15, -0.1) is 0 Å². The third kappa shape index (κ3) is 3.16. The molecule has 0 aliphatic carbocycles. The molecule has 1 heterocycles. The van der Waals surface area contributed by atoms with Crippen molar-refractivity contribution >= 4 is 30.5 Å². The zero-order chi connectivity index (χ0) is 15.4. The van der Waals surface area contributed by atoms with E-state index >= 15 is 0 Å². The molecule has 3 rings (SSSR count). The molecular formula is C19H16O2Te. The summed E-state index contributed by atoms with van der Waals surface area (Å²) in [6.45, 7) is 3.77. The summed E-state index contributed by atoms with van der Waals surface area (Å²) in [7, 11) is 0. The van der Waals surface area contributed by atoms with Crippen LogP contribution in [0.4, 0.5) is 0 Å². The first-order valence-electron chi connectivity index (χ1n) is 7.12. The molecule has 2 aromatic rings. The molecule has 1 unspecified atom stereocenters. The molecule has 1 atom stereocenters. The second kappa shape index (κ2) is 6.96. The van der Waals surface area contributed by atoms with Crippen molar-refractivity contribution in [1.29, 1.82) is 0 Å². The molecule has 0 radical (unpaired) electrons. The first-order chi connectivity index (χ1) is 10.8. The van der Waals surface area contributed by atoms with Crippen molar-refractivity contribution in [3.8, 4) is 0 Å². The average Bonchev–Trinajstić information content (AvgIpc) is 2.86. The Balaban J connectivity index is 2.00. The van der Waals surface area contributed by atoms with Gasteiger partial charge in [0.1, 0.15) is 0 Å². The van der Waals surface area contributed by atoms with E-state index in [1.807, 2.05) is 48.5 Å². The van der Waals surface area contributed by atoms with Crippen LogP contribution in [0.1, 0.15) is 18.1 Å². The summed E-state index contributed by atoms with van der Waals surface area (Å²) in [4.78, 5) is 12.2. The van der Waals surface area contributed by atoms with Gasteiger partial charge in [0.05, 0.1) is 0 Å². The van der Waals surface area contributed by atoms with Crippen LogP contribution in [0.15, 0.2) is 82.5 Å². The minimum absolute atomic E-state index is 0.190. The fourth-order valence-electron chi connectivity index (χ4n) is 2.40. The number of hydrogen-bond acceptors (Lipinski definition) is 2. The second-order valence-corrected chi connectivity index (χ2v) is 8.13. The maximum absolute atomic E-state index is 12.2. The van der Waals surface area contributed by atoms with Crippen LogP contribution in [0, 0.1) is 0 Å².